The monoisotopic (exact) mass is 451 g/mol. The largest absolute Gasteiger partial charge is 0.309 e. The molecule has 0 aliphatic heterocycles. The number of fused-ring (bicyclic) bond motifs is 3. The Morgan fingerprint density at radius 2 is 1.17 bits per heavy atom. The number of rotatable bonds is 4. The molecule has 170 valence electrons. The molecule has 0 atom stereocenters. The zero-order valence-corrected chi connectivity index (χ0v) is 20.5. The third-order valence-corrected chi connectivity index (χ3v) is 7.12. The fraction of sp³-hybridized carbons (Fsp3) is 0.118. The summed E-state index contributed by atoms with van der Waals surface area (Å²) in [5, 5.41) is 2.57. The first-order chi connectivity index (χ1) is 17.1. The summed E-state index contributed by atoms with van der Waals surface area (Å²) in [6.07, 6.45) is 0. The number of hydrogen-bond acceptors (Lipinski definition) is 0. The van der Waals surface area contributed by atoms with E-state index < -0.39 is 0 Å². The number of hydrogen-bond donors (Lipinski definition) is 0. The fourth-order valence-corrected chi connectivity index (χ4v) is 5.33. The highest BCUT2D eigenvalue weighted by Crippen LogP contribution is 2.36. The molecule has 6 aromatic rings. The van der Waals surface area contributed by atoms with E-state index in [-0.39, 0.29) is 0 Å². The Morgan fingerprint density at radius 3 is 2.00 bits per heavy atom. The molecule has 0 bridgehead atoms. The van der Waals surface area contributed by atoms with Gasteiger partial charge in [-0.05, 0) is 70.5 Å². The van der Waals surface area contributed by atoms with Gasteiger partial charge in [-0.15, -0.1) is 0 Å². The summed E-state index contributed by atoms with van der Waals surface area (Å²) in [6.45, 7) is 6.75. The molecule has 0 fully saturated rings. The minimum Gasteiger partial charge on any atom is -0.309 e. The molecule has 1 heterocycles. The van der Waals surface area contributed by atoms with E-state index in [1.165, 1.54) is 60.9 Å². The molecule has 0 aliphatic carbocycles. The van der Waals surface area contributed by atoms with Crippen LogP contribution in [0, 0.1) is 6.92 Å². The quantitative estimate of drug-likeness (QED) is 0.251. The average Bonchev–Trinajstić information content (AvgIpc) is 3.23. The van der Waals surface area contributed by atoms with Crippen molar-refractivity contribution in [2.24, 2.45) is 0 Å². The van der Waals surface area contributed by atoms with Crippen LogP contribution >= 0.6 is 0 Å². The van der Waals surface area contributed by atoms with Crippen LogP contribution in [0.3, 0.4) is 0 Å². The molecule has 0 saturated heterocycles. The number of nitrogens with zero attached hydrogens (tertiary/aromatic N) is 1. The van der Waals surface area contributed by atoms with Gasteiger partial charge < -0.3 is 4.57 Å². The lowest BCUT2D eigenvalue weighted by molar-refractivity contribution is 0.857. The summed E-state index contributed by atoms with van der Waals surface area (Å²) in [6, 6.07) is 42.0. The first-order valence-corrected chi connectivity index (χ1v) is 12.4. The van der Waals surface area contributed by atoms with Gasteiger partial charge in [-0.3, -0.25) is 0 Å². The zero-order chi connectivity index (χ0) is 23.9. The van der Waals surface area contributed by atoms with E-state index in [0.29, 0.717) is 5.92 Å². The van der Waals surface area contributed by atoms with Gasteiger partial charge in [-0.1, -0.05) is 105 Å². The Labute approximate surface area is 207 Å². The van der Waals surface area contributed by atoms with Crippen molar-refractivity contribution in [3.05, 3.63) is 126 Å². The van der Waals surface area contributed by atoms with Crippen molar-refractivity contribution in [3.8, 4) is 27.9 Å². The first-order valence-electron chi connectivity index (χ1n) is 12.4. The third-order valence-electron chi connectivity index (χ3n) is 7.12. The average molecular weight is 452 g/mol. The van der Waals surface area contributed by atoms with Crippen molar-refractivity contribution >= 4 is 21.8 Å². The van der Waals surface area contributed by atoms with Gasteiger partial charge in [-0.25, -0.2) is 0 Å². The van der Waals surface area contributed by atoms with Crippen LogP contribution in [0.4, 0.5) is 0 Å². The van der Waals surface area contributed by atoms with Crippen LogP contribution in [-0.2, 0) is 0 Å². The highest BCUT2D eigenvalue weighted by atomic mass is 15.0. The second-order valence-corrected chi connectivity index (χ2v) is 9.73. The summed E-state index contributed by atoms with van der Waals surface area (Å²) >= 11 is 0. The minimum atomic E-state index is 0.505. The van der Waals surface area contributed by atoms with Crippen molar-refractivity contribution in [3.63, 3.8) is 0 Å². The van der Waals surface area contributed by atoms with E-state index in [1.807, 2.05) is 0 Å². The Hall–Kier alpha value is -4.10. The number of aryl methyl sites for hydroxylation is 1. The molecule has 35 heavy (non-hydrogen) atoms. The lowest BCUT2D eigenvalue weighted by Crippen LogP contribution is -1.95. The van der Waals surface area contributed by atoms with Gasteiger partial charge in [0.2, 0.25) is 0 Å². The summed E-state index contributed by atoms with van der Waals surface area (Å²) in [7, 11) is 0. The molecule has 6 rings (SSSR count). The van der Waals surface area contributed by atoms with Gasteiger partial charge in [0.15, 0.2) is 0 Å². The minimum absolute atomic E-state index is 0.505. The number of aromatic nitrogens is 1. The summed E-state index contributed by atoms with van der Waals surface area (Å²) in [4.78, 5) is 0. The number of para-hydroxylation sites is 1. The predicted molar refractivity (Wildman–Crippen MR) is 150 cm³/mol. The van der Waals surface area contributed by atoms with E-state index in [2.05, 4.69) is 141 Å². The molecular formula is C34H29N. The molecule has 1 aromatic heterocycles. The Bertz CT molecular complexity index is 1670. The summed E-state index contributed by atoms with van der Waals surface area (Å²) in [5.41, 5.74) is 11.4. The van der Waals surface area contributed by atoms with E-state index in [0.717, 1.165) is 0 Å². The van der Waals surface area contributed by atoms with Crippen molar-refractivity contribution in [2.45, 2.75) is 26.7 Å². The van der Waals surface area contributed by atoms with Crippen LogP contribution in [0.25, 0.3) is 49.7 Å². The molecule has 0 saturated carbocycles. The Kier molecular flexibility index (Phi) is 5.26. The summed E-state index contributed by atoms with van der Waals surface area (Å²) in [5.74, 6) is 0.505. The first kappa shape index (κ1) is 21.4. The Morgan fingerprint density at radius 1 is 0.514 bits per heavy atom. The Balaban J connectivity index is 1.59. The molecule has 1 nitrogen and oxygen atoms in total. The van der Waals surface area contributed by atoms with Crippen molar-refractivity contribution in [2.75, 3.05) is 0 Å². The van der Waals surface area contributed by atoms with Crippen LogP contribution in [0.1, 0.15) is 30.9 Å². The van der Waals surface area contributed by atoms with Crippen LogP contribution in [0.15, 0.2) is 115 Å². The second-order valence-electron chi connectivity index (χ2n) is 9.73. The highest BCUT2D eigenvalue weighted by molar-refractivity contribution is 6.10. The molecule has 0 amide bonds. The predicted octanol–water partition coefficient (Wildman–Crippen LogP) is 9.55. The smallest absolute Gasteiger partial charge is 0.0547 e. The fourth-order valence-electron chi connectivity index (χ4n) is 5.33. The maximum Gasteiger partial charge on any atom is 0.0547 e. The van der Waals surface area contributed by atoms with Crippen molar-refractivity contribution < 1.29 is 0 Å². The lowest BCUT2D eigenvalue weighted by atomic mass is 9.93. The topological polar surface area (TPSA) is 4.93 Å². The standard InChI is InChI=1S/C34H29N/c1-23(2)32-21-27(17-16-24(32)3)28-18-19-31-30-14-7-8-15-33(30)35(34(31)22-28)29-13-9-12-26(20-29)25-10-5-4-6-11-25/h4-23H,1-3H3. The molecule has 0 N–H and O–H groups in total. The van der Waals surface area contributed by atoms with E-state index in [9.17, 15) is 0 Å². The van der Waals surface area contributed by atoms with Crippen LogP contribution in [-0.4, -0.2) is 4.57 Å². The van der Waals surface area contributed by atoms with Gasteiger partial charge in [0.05, 0.1) is 11.0 Å². The molecule has 0 unspecified atom stereocenters. The molecule has 0 aliphatic rings. The molecule has 0 radical (unpaired) electrons. The highest BCUT2D eigenvalue weighted by Gasteiger charge is 2.14. The van der Waals surface area contributed by atoms with E-state index in [4.69, 9.17) is 0 Å². The van der Waals surface area contributed by atoms with Gasteiger partial charge in [0, 0.05) is 16.5 Å². The molecular weight excluding hydrogens is 422 g/mol. The second kappa shape index (κ2) is 8.60. The van der Waals surface area contributed by atoms with E-state index >= 15 is 0 Å². The van der Waals surface area contributed by atoms with Crippen LogP contribution in [0.2, 0.25) is 0 Å². The van der Waals surface area contributed by atoms with Crippen LogP contribution < -0.4 is 0 Å². The normalized spacial score (nSPS) is 11.5. The van der Waals surface area contributed by atoms with Crippen LogP contribution in [0.5, 0.6) is 0 Å². The van der Waals surface area contributed by atoms with Crippen molar-refractivity contribution in [1.82, 2.24) is 4.57 Å². The van der Waals surface area contributed by atoms with Gasteiger partial charge in [0.1, 0.15) is 0 Å². The number of benzene rings is 5. The molecule has 0 spiro atoms. The SMILES string of the molecule is Cc1ccc(-c2ccc3c4ccccc4n(-c4cccc(-c5ccccc5)c4)c3c2)cc1C(C)C. The third kappa shape index (κ3) is 3.74. The maximum absolute atomic E-state index is 2.41. The molecule has 1 heteroatoms. The van der Waals surface area contributed by atoms with Gasteiger partial charge >= 0.3 is 0 Å². The lowest BCUT2D eigenvalue weighted by Gasteiger charge is -2.13. The van der Waals surface area contributed by atoms with Crippen molar-refractivity contribution in [1.29, 1.82) is 0 Å². The van der Waals surface area contributed by atoms with Gasteiger partial charge in [-0.2, -0.15) is 0 Å². The molecule has 5 aromatic carbocycles. The summed E-state index contributed by atoms with van der Waals surface area (Å²) < 4.78 is 2.41. The van der Waals surface area contributed by atoms with E-state index in [1.54, 1.807) is 0 Å². The van der Waals surface area contributed by atoms with Gasteiger partial charge in [0.25, 0.3) is 0 Å². The maximum atomic E-state index is 2.41. The zero-order valence-electron chi connectivity index (χ0n) is 20.5.